The number of piperidine rings is 1. The molecule has 0 saturated carbocycles. The predicted octanol–water partition coefficient (Wildman–Crippen LogP) is 1.63. The Labute approximate surface area is 107 Å². The fourth-order valence-electron chi connectivity index (χ4n) is 2.93. The van der Waals surface area contributed by atoms with Gasteiger partial charge in [0.15, 0.2) is 0 Å². The monoisotopic (exact) mass is 249 g/mol. The van der Waals surface area contributed by atoms with Crippen LogP contribution < -0.4 is 14.8 Å². The molecule has 0 unspecified atom stereocenters. The molecule has 1 spiro atoms. The van der Waals surface area contributed by atoms with E-state index in [1.807, 2.05) is 18.2 Å². The second kappa shape index (κ2) is 4.44. The summed E-state index contributed by atoms with van der Waals surface area (Å²) in [5.74, 6) is 1.56. The fraction of sp³-hybridized carbons (Fsp3) is 0.571. The van der Waals surface area contributed by atoms with Crippen molar-refractivity contribution < 1.29 is 14.6 Å². The van der Waals surface area contributed by atoms with E-state index < -0.39 is 6.10 Å². The summed E-state index contributed by atoms with van der Waals surface area (Å²) in [6, 6.07) is 5.65. The SMILES string of the molecule is COc1ccc2c(c1)[C@@H](O)CC1(CCNCC1)O2. The molecule has 2 aliphatic heterocycles. The minimum Gasteiger partial charge on any atom is -0.497 e. The molecule has 3 rings (SSSR count). The van der Waals surface area contributed by atoms with Crippen LogP contribution in [0.25, 0.3) is 0 Å². The molecular weight excluding hydrogens is 230 g/mol. The molecule has 1 atom stereocenters. The average Bonchev–Trinajstić information content (AvgIpc) is 2.39. The van der Waals surface area contributed by atoms with Crippen molar-refractivity contribution in [2.24, 2.45) is 0 Å². The summed E-state index contributed by atoms with van der Waals surface area (Å²) < 4.78 is 11.4. The van der Waals surface area contributed by atoms with E-state index in [0.717, 1.165) is 43.0 Å². The molecule has 0 aliphatic carbocycles. The van der Waals surface area contributed by atoms with Crippen LogP contribution in [0.15, 0.2) is 18.2 Å². The highest BCUT2D eigenvalue weighted by atomic mass is 16.5. The first-order valence-corrected chi connectivity index (χ1v) is 6.48. The van der Waals surface area contributed by atoms with E-state index in [9.17, 15) is 5.11 Å². The Kier molecular flexibility index (Phi) is 2.92. The second-order valence-electron chi connectivity index (χ2n) is 5.16. The lowest BCUT2D eigenvalue weighted by Gasteiger charge is -2.43. The van der Waals surface area contributed by atoms with E-state index in [1.54, 1.807) is 7.11 Å². The summed E-state index contributed by atoms with van der Waals surface area (Å²) in [5, 5.41) is 13.7. The van der Waals surface area contributed by atoms with Crippen molar-refractivity contribution in [3.05, 3.63) is 23.8 Å². The summed E-state index contributed by atoms with van der Waals surface area (Å²) in [6.45, 7) is 1.91. The number of benzene rings is 1. The first-order valence-electron chi connectivity index (χ1n) is 6.48. The lowest BCUT2D eigenvalue weighted by atomic mass is 9.82. The quantitative estimate of drug-likeness (QED) is 0.794. The van der Waals surface area contributed by atoms with Crippen LogP contribution >= 0.6 is 0 Å². The van der Waals surface area contributed by atoms with Crippen LogP contribution in [-0.2, 0) is 0 Å². The van der Waals surface area contributed by atoms with Crippen molar-refractivity contribution in [3.63, 3.8) is 0 Å². The van der Waals surface area contributed by atoms with E-state index in [4.69, 9.17) is 9.47 Å². The van der Waals surface area contributed by atoms with Gasteiger partial charge < -0.3 is 19.9 Å². The standard InChI is InChI=1S/C14H19NO3/c1-17-10-2-3-13-11(8-10)12(16)9-14(18-13)4-6-15-7-5-14/h2-3,8,12,15-16H,4-7,9H2,1H3/t12-/m0/s1. The minimum absolute atomic E-state index is 0.188. The summed E-state index contributed by atoms with van der Waals surface area (Å²) in [7, 11) is 1.63. The molecule has 0 aromatic heterocycles. The third kappa shape index (κ3) is 1.95. The first-order chi connectivity index (χ1) is 8.72. The molecule has 2 aliphatic rings. The van der Waals surface area contributed by atoms with Gasteiger partial charge in [-0.25, -0.2) is 0 Å². The number of hydrogen-bond acceptors (Lipinski definition) is 4. The van der Waals surface area contributed by atoms with Gasteiger partial charge in [0.2, 0.25) is 0 Å². The number of ether oxygens (including phenoxy) is 2. The van der Waals surface area contributed by atoms with Crippen LogP contribution in [0.3, 0.4) is 0 Å². The molecule has 0 bridgehead atoms. The highest BCUT2D eigenvalue weighted by Crippen LogP contribution is 2.44. The van der Waals surface area contributed by atoms with Crippen molar-refractivity contribution in [1.82, 2.24) is 5.32 Å². The maximum Gasteiger partial charge on any atom is 0.126 e. The van der Waals surface area contributed by atoms with Gasteiger partial charge in [-0.15, -0.1) is 0 Å². The van der Waals surface area contributed by atoms with Gasteiger partial charge in [0, 0.05) is 12.0 Å². The Morgan fingerprint density at radius 2 is 2.17 bits per heavy atom. The van der Waals surface area contributed by atoms with Gasteiger partial charge in [-0.2, -0.15) is 0 Å². The fourth-order valence-corrected chi connectivity index (χ4v) is 2.93. The van der Waals surface area contributed by atoms with E-state index in [1.165, 1.54) is 0 Å². The number of fused-ring (bicyclic) bond motifs is 1. The van der Waals surface area contributed by atoms with E-state index in [-0.39, 0.29) is 5.60 Å². The predicted molar refractivity (Wildman–Crippen MR) is 68.0 cm³/mol. The number of methoxy groups -OCH3 is 1. The molecule has 2 heterocycles. The van der Waals surface area contributed by atoms with Crippen LogP contribution in [0.2, 0.25) is 0 Å². The number of aliphatic hydroxyl groups is 1. The number of aliphatic hydroxyl groups excluding tert-OH is 1. The molecule has 1 aromatic rings. The Balaban J connectivity index is 1.92. The van der Waals surface area contributed by atoms with Crippen molar-refractivity contribution >= 4 is 0 Å². The van der Waals surface area contributed by atoms with Crippen molar-refractivity contribution in [1.29, 1.82) is 0 Å². The van der Waals surface area contributed by atoms with Crippen molar-refractivity contribution in [2.75, 3.05) is 20.2 Å². The molecule has 0 amide bonds. The summed E-state index contributed by atoms with van der Waals surface area (Å²) >= 11 is 0. The van der Waals surface area contributed by atoms with Crippen LogP contribution in [-0.4, -0.2) is 30.9 Å². The summed E-state index contributed by atoms with van der Waals surface area (Å²) in [4.78, 5) is 0. The topological polar surface area (TPSA) is 50.7 Å². The Morgan fingerprint density at radius 3 is 2.89 bits per heavy atom. The molecule has 1 saturated heterocycles. The minimum atomic E-state index is -0.457. The molecule has 0 radical (unpaired) electrons. The van der Waals surface area contributed by atoms with Gasteiger partial charge in [0.1, 0.15) is 17.1 Å². The van der Waals surface area contributed by atoms with Crippen molar-refractivity contribution in [2.45, 2.75) is 31.0 Å². The number of hydrogen-bond donors (Lipinski definition) is 2. The lowest BCUT2D eigenvalue weighted by Crippen LogP contribution is -2.49. The summed E-state index contributed by atoms with van der Waals surface area (Å²) in [5.41, 5.74) is 0.658. The third-order valence-electron chi connectivity index (χ3n) is 3.98. The summed E-state index contributed by atoms with van der Waals surface area (Å²) in [6.07, 6.45) is 2.13. The van der Waals surface area contributed by atoms with Gasteiger partial charge in [0.05, 0.1) is 13.2 Å². The highest BCUT2D eigenvalue weighted by Gasteiger charge is 2.41. The van der Waals surface area contributed by atoms with Crippen LogP contribution in [0.4, 0.5) is 0 Å². The third-order valence-corrected chi connectivity index (χ3v) is 3.98. The van der Waals surface area contributed by atoms with Gasteiger partial charge in [-0.1, -0.05) is 0 Å². The van der Waals surface area contributed by atoms with Crippen LogP contribution in [0, 0.1) is 0 Å². The van der Waals surface area contributed by atoms with Crippen molar-refractivity contribution in [3.8, 4) is 11.5 Å². The lowest BCUT2D eigenvalue weighted by molar-refractivity contribution is -0.0338. The van der Waals surface area contributed by atoms with Gasteiger partial charge >= 0.3 is 0 Å². The van der Waals surface area contributed by atoms with Gasteiger partial charge in [-0.05, 0) is 44.1 Å². The number of rotatable bonds is 1. The second-order valence-corrected chi connectivity index (χ2v) is 5.16. The van der Waals surface area contributed by atoms with E-state index in [0.29, 0.717) is 6.42 Å². The molecule has 98 valence electrons. The zero-order valence-corrected chi connectivity index (χ0v) is 10.6. The van der Waals surface area contributed by atoms with Gasteiger partial charge in [-0.3, -0.25) is 0 Å². The number of nitrogens with one attached hydrogen (secondary N) is 1. The smallest absolute Gasteiger partial charge is 0.126 e. The maximum absolute atomic E-state index is 10.3. The zero-order chi connectivity index (χ0) is 12.6. The molecule has 1 fully saturated rings. The van der Waals surface area contributed by atoms with E-state index in [2.05, 4.69) is 5.32 Å². The first kappa shape index (κ1) is 11.8. The molecule has 18 heavy (non-hydrogen) atoms. The Bertz CT molecular complexity index is 441. The normalized spacial score (nSPS) is 25.3. The largest absolute Gasteiger partial charge is 0.497 e. The van der Waals surface area contributed by atoms with E-state index >= 15 is 0 Å². The molecule has 1 aromatic carbocycles. The zero-order valence-electron chi connectivity index (χ0n) is 10.6. The average molecular weight is 249 g/mol. The molecule has 2 N–H and O–H groups in total. The van der Waals surface area contributed by atoms with Crippen LogP contribution in [0.5, 0.6) is 11.5 Å². The molecular formula is C14H19NO3. The van der Waals surface area contributed by atoms with Crippen LogP contribution in [0.1, 0.15) is 30.9 Å². The highest BCUT2D eigenvalue weighted by molar-refractivity contribution is 5.43. The van der Waals surface area contributed by atoms with Gasteiger partial charge in [0.25, 0.3) is 0 Å². The molecule has 4 heteroatoms. The Hall–Kier alpha value is -1.26. The Morgan fingerprint density at radius 1 is 1.39 bits per heavy atom. The molecule has 4 nitrogen and oxygen atoms in total. The maximum atomic E-state index is 10.3.